The molecule has 3 heterocycles. The van der Waals surface area contributed by atoms with Gasteiger partial charge in [-0.25, -0.2) is 4.98 Å². The molecule has 0 bridgehead atoms. The molecular formula is C11H14N4S. The van der Waals surface area contributed by atoms with Crippen molar-refractivity contribution in [1.82, 2.24) is 20.5 Å². The van der Waals surface area contributed by atoms with Crippen molar-refractivity contribution in [3.05, 3.63) is 23.3 Å². The Morgan fingerprint density at radius 1 is 1.38 bits per heavy atom. The van der Waals surface area contributed by atoms with Gasteiger partial charge in [-0.05, 0) is 30.8 Å². The number of H-pyrrole nitrogens is 1. The van der Waals surface area contributed by atoms with Crippen molar-refractivity contribution in [1.29, 1.82) is 0 Å². The van der Waals surface area contributed by atoms with Gasteiger partial charge in [-0.15, -0.1) is 11.3 Å². The second-order valence-electron chi connectivity index (χ2n) is 4.02. The maximum Gasteiger partial charge on any atom is 0.191 e. The zero-order chi connectivity index (χ0) is 10.8. The van der Waals surface area contributed by atoms with E-state index in [1.54, 1.807) is 11.3 Å². The van der Waals surface area contributed by atoms with Crippen LogP contribution in [0.1, 0.15) is 31.1 Å². The number of rotatable bonds is 2. The van der Waals surface area contributed by atoms with E-state index in [9.17, 15) is 0 Å². The first-order valence-corrected chi connectivity index (χ1v) is 6.51. The number of nitrogens with one attached hydrogen (secondary N) is 2. The fraction of sp³-hybridized carbons (Fsp3) is 0.455. The predicted molar refractivity (Wildman–Crippen MR) is 64.3 cm³/mol. The third-order valence-electron chi connectivity index (χ3n) is 2.88. The molecule has 2 aromatic rings. The Morgan fingerprint density at radius 3 is 3.12 bits per heavy atom. The number of thiophene rings is 1. The van der Waals surface area contributed by atoms with Crippen LogP contribution < -0.4 is 5.32 Å². The van der Waals surface area contributed by atoms with Crippen LogP contribution in [0, 0.1) is 0 Å². The molecule has 1 aliphatic rings. The van der Waals surface area contributed by atoms with Gasteiger partial charge in [-0.2, -0.15) is 5.10 Å². The van der Waals surface area contributed by atoms with E-state index in [0.717, 1.165) is 29.5 Å². The Hall–Kier alpha value is -1.20. The van der Waals surface area contributed by atoms with Crippen molar-refractivity contribution < 1.29 is 0 Å². The van der Waals surface area contributed by atoms with Crippen LogP contribution in [0.5, 0.6) is 0 Å². The SMILES string of the molecule is c1csc(-c2n[nH]c(C3CCCCN3)n2)c1. The summed E-state index contributed by atoms with van der Waals surface area (Å²) >= 11 is 1.67. The normalized spacial score (nSPS) is 21.1. The number of nitrogens with zero attached hydrogens (tertiary/aromatic N) is 2. The molecule has 0 radical (unpaired) electrons. The van der Waals surface area contributed by atoms with Crippen LogP contribution in [0.2, 0.25) is 0 Å². The molecule has 1 atom stereocenters. The van der Waals surface area contributed by atoms with Crippen LogP contribution in [-0.2, 0) is 0 Å². The van der Waals surface area contributed by atoms with Crippen molar-refractivity contribution in [2.75, 3.05) is 6.54 Å². The van der Waals surface area contributed by atoms with Crippen molar-refractivity contribution >= 4 is 11.3 Å². The van der Waals surface area contributed by atoms with E-state index >= 15 is 0 Å². The lowest BCUT2D eigenvalue weighted by Crippen LogP contribution is -2.27. The molecule has 3 rings (SSSR count). The summed E-state index contributed by atoms with van der Waals surface area (Å²) in [4.78, 5) is 5.68. The van der Waals surface area contributed by atoms with Crippen LogP contribution >= 0.6 is 11.3 Å². The Balaban J connectivity index is 1.82. The highest BCUT2D eigenvalue weighted by atomic mass is 32.1. The van der Waals surface area contributed by atoms with Gasteiger partial charge in [0.1, 0.15) is 5.82 Å². The van der Waals surface area contributed by atoms with Crippen molar-refractivity contribution in [3.63, 3.8) is 0 Å². The number of hydrogen-bond acceptors (Lipinski definition) is 4. The molecule has 2 aromatic heterocycles. The fourth-order valence-corrected chi connectivity index (χ4v) is 2.69. The molecule has 84 valence electrons. The van der Waals surface area contributed by atoms with E-state index in [1.165, 1.54) is 12.8 Å². The van der Waals surface area contributed by atoms with Gasteiger partial charge in [-0.3, -0.25) is 5.10 Å². The van der Waals surface area contributed by atoms with Gasteiger partial charge >= 0.3 is 0 Å². The monoisotopic (exact) mass is 234 g/mol. The molecular weight excluding hydrogens is 220 g/mol. The van der Waals surface area contributed by atoms with Gasteiger partial charge in [-0.1, -0.05) is 12.5 Å². The first-order valence-electron chi connectivity index (χ1n) is 5.63. The summed E-state index contributed by atoms with van der Waals surface area (Å²) in [5, 5.41) is 12.8. The van der Waals surface area contributed by atoms with Gasteiger partial charge < -0.3 is 5.32 Å². The Labute approximate surface area is 98.1 Å². The van der Waals surface area contributed by atoms with Crippen molar-refractivity contribution in [2.45, 2.75) is 25.3 Å². The largest absolute Gasteiger partial charge is 0.307 e. The minimum absolute atomic E-state index is 0.356. The number of aromatic amines is 1. The van der Waals surface area contributed by atoms with E-state index in [-0.39, 0.29) is 0 Å². The molecule has 2 N–H and O–H groups in total. The summed E-state index contributed by atoms with van der Waals surface area (Å²) in [6.07, 6.45) is 3.69. The fourth-order valence-electron chi connectivity index (χ4n) is 2.03. The molecule has 0 saturated carbocycles. The van der Waals surface area contributed by atoms with E-state index in [2.05, 4.69) is 20.5 Å². The van der Waals surface area contributed by atoms with Crippen LogP contribution in [0.25, 0.3) is 10.7 Å². The summed E-state index contributed by atoms with van der Waals surface area (Å²) in [7, 11) is 0. The highest BCUT2D eigenvalue weighted by molar-refractivity contribution is 7.13. The molecule has 1 aliphatic heterocycles. The molecule has 5 heteroatoms. The third kappa shape index (κ3) is 1.88. The number of aromatic nitrogens is 3. The second kappa shape index (κ2) is 4.35. The highest BCUT2D eigenvalue weighted by Gasteiger charge is 2.18. The standard InChI is InChI=1S/C11H14N4S/c1-2-6-12-8(4-1)10-13-11(15-14-10)9-5-3-7-16-9/h3,5,7-8,12H,1-2,4,6H2,(H,13,14,15). The molecule has 1 saturated heterocycles. The maximum absolute atomic E-state index is 4.56. The van der Waals surface area contributed by atoms with Gasteiger partial charge in [0.2, 0.25) is 0 Å². The molecule has 0 aromatic carbocycles. The van der Waals surface area contributed by atoms with Gasteiger partial charge in [0, 0.05) is 0 Å². The third-order valence-corrected chi connectivity index (χ3v) is 3.75. The topological polar surface area (TPSA) is 53.6 Å². The van der Waals surface area contributed by atoms with Crippen molar-refractivity contribution in [2.24, 2.45) is 0 Å². The number of hydrogen-bond donors (Lipinski definition) is 2. The molecule has 4 nitrogen and oxygen atoms in total. The van der Waals surface area contributed by atoms with E-state index in [1.807, 2.05) is 17.5 Å². The lowest BCUT2D eigenvalue weighted by molar-refractivity contribution is 0.398. The van der Waals surface area contributed by atoms with Gasteiger partial charge in [0.25, 0.3) is 0 Å². The highest BCUT2D eigenvalue weighted by Crippen LogP contribution is 2.24. The van der Waals surface area contributed by atoms with Crippen LogP contribution in [0.4, 0.5) is 0 Å². The van der Waals surface area contributed by atoms with Crippen LogP contribution in [0.3, 0.4) is 0 Å². The summed E-state index contributed by atoms with van der Waals surface area (Å²) in [6, 6.07) is 4.43. The van der Waals surface area contributed by atoms with Crippen LogP contribution in [0.15, 0.2) is 17.5 Å². The molecule has 16 heavy (non-hydrogen) atoms. The maximum atomic E-state index is 4.56. The quantitative estimate of drug-likeness (QED) is 0.838. The molecule has 0 amide bonds. The summed E-state index contributed by atoms with van der Waals surface area (Å²) in [6.45, 7) is 1.08. The van der Waals surface area contributed by atoms with E-state index < -0.39 is 0 Å². The Morgan fingerprint density at radius 2 is 2.38 bits per heavy atom. The average Bonchev–Trinajstić information content (AvgIpc) is 3.01. The predicted octanol–water partition coefficient (Wildman–Crippen LogP) is 2.35. The zero-order valence-electron chi connectivity index (χ0n) is 8.94. The smallest absolute Gasteiger partial charge is 0.191 e. The molecule has 1 unspecified atom stereocenters. The Kier molecular flexibility index (Phi) is 2.71. The zero-order valence-corrected chi connectivity index (χ0v) is 9.76. The van der Waals surface area contributed by atoms with E-state index in [0.29, 0.717) is 6.04 Å². The minimum atomic E-state index is 0.356. The second-order valence-corrected chi connectivity index (χ2v) is 4.97. The van der Waals surface area contributed by atoms with Gasteiger partial charge in [0.15, 0.2) is 5.82 Å². The van der Waals surface area contributed by atoms with Crippen molar-refractivity contribution in [3.8, 4) is 10.7 Å². The average molecular weight is 234 g/mol. The summed E-state index contributed by atoms with van der Waals surface area (Å²) in [5.74, 6) is 1.79. The molecule has 0 aliphatic carbocycles. The first-order chi connectivity index (χ1) is 7.93. The van der Waals surface area contributed by atoms with Gasteiger partial charge in [0.05, 0.1) is 10.9 Å². The molecule has 1 fully saturated rings. The van der Waals surface area contributed by atoms with E-state index in [4.69, 9.17) is 0 Å². The first kappa shape index (κ1) is 9.99. The lowest BCUT2D eigenvalue weighted by atomic mass is 10.0. The molecule has 0 spiro atoms. The lowest BCUT2D eigenvalue weighted by Gasteiger charge is -2.20. The minimum Gasteiger partial charge on any atom is -0.307 e. The number of piperidine rings is 1. The summed E-state index contributed by atoms with van der Waals surface area (Å²) < 4.78 is 0. The Bertz CT molecular complexity index is 442. The summed E-state index contributed by atoms with van der Waals surface area (Å²) in [5.41, 5.74) is 0. The van der Waals surface area contributed by atoms with Crippen LogP contribution in [-0.4, -0.2) is 21.7 Å².